The topological polar surface area (TPSA) is 92.9 Å². The molecule has 1 amide bonds. The lowest BCUT2D eigenvalue weighted by atomic mass is 9.75. The number of hydrogen-bond acceptors (Lipinski definition) is 5. The summed E-state index contributed by atoms with van der Waals surface area (Å²) in [7, 11) is 0. The van der Waals surface area contributed by atoms with E-state index in [1.807, 2.05) is 0 Å². The predicted molar refractivity (Wildman–Crippen MR) is 111 cm³/mol. The first-order valence-electron chi connectivity index (χ1n) is 11.2. The molecule has 202 valence electrons. The van der Waals surface area contributed by atoms with E-state index >= 15 is 0 Å². The van der Waals surface area contributed by atoms with Gasteiger partial charge in [0.2, 0.25) is 5.92 Å². The number of alkyl halides is 7. The molecular formula is C23H21F7N2O5. The van der Waals surface area contributed by atoms with Gasteiger partial charge in [0.15, 0.2) is 0 Å². The van der Waals surface area contributed by atoms with Gasteiger partial charge in [-0.3, -0.25) is 9.59 Å². The van der Waals surface area contributed by atoms with Crippen LogP contribution < -0.4 is 0 Å². The molecule has 0 spiro atoms. The Morgan fingerprint density at radius 2 is 1.68 bits per heavy atom. The average Bonchev–Trinajstić information content (AvgIpc) is 3.29. The summed E-state index contributed by atoms with van der Waals surface area (Å²) in [6.07, 6.45) is -8.59. The SMILES string of the molecule is O=C(O)C1CC(F)(F)CCC1c1oc(C(F)(F)C(F)(F)F)nc1-c1ccc(C(=O)N2CCOCC2)cc1. The van der Waals surface area contributed by atoms with E-state index in [1.165, 1.54) is 29.2 Å². The summed E-state index contributed by atoms with van der Waals surface area (Å²) in [4.78, 5) is 29.3. The Labute approximate surface area is 205 Å². The minimum absolute atomic E-state index is 0.0528. The summed E-state index contributed by atoms with van der Waals surface area (Å²) in [5.74, 6) is -16.9. The van der Waals surface area contributed by atoms with Gasteiger partial charge in [-0.1, -0.05) is 12.1 Å². The van der Waals surface area contributed by atoms with Crippen LogP contribution in [0.3, 0.4) is 0 Å². The Morgan fingerprint density at radius 1 is 1.05 bits per heavy atom. The number of ether oxygens (including phenoxy) is 1. The van der Waals surface area contributed by atoms with Crippen LogP contribution in [0.25, 0.3) is 11.3 Å². The number of rotatable bonds is 5. The molecule has 2 aromatic rings. The third kappa shape index (κ3) is 5.29. The van der Waals surface area contributed by atoms with Crippen molar-refractivity contribution < 1.29 is 54.6 Å². The molecule has 14 heteroatoms. The molecular weight excluding hydrogens is 517 g/mol. The molecule has 2 fully saturated rings. The maximum Gasteiger partial charge on any atom is 0.463 e. The number of morpholine rings is 1. The Morgan fingerprint density at radius 3 is 2.24 bits per heavy atom. The number of aliphatic carboxylic acids is 1. The second-order valence-electron chi connectivity index (χ2n) is 8.94. The van der Waals surface area contributed by atoms with Gasteiger partial charge in [0.05, 0.1) is 19.1 Å². The van der Waals surface area contributed by atoms with Crippen molar-refractivity contribution in [2.24, 2.45) is 5.92 Å². The Bertz CT molecular complexity index is 1160. The van der Waals surface area contributed by atoms with Crippen molar-refractivity contribution in [2.45, 2.75) is 43.2 Å². The third-order valence-corrected chi connectivity index (χ3v) is 6.46. The molecule has 0 bridgehead atoms. The van der Waals surface area contributed by atoms with Gasteiger partial charge in [0.1, 0.15) is 11.5 Å². The summed E-state index contributed by atoms with van der Waals surface area (Å²) >= 11 is 0. The Kier molecular flexibility index (Phi) is 6.99. The van der Waals surface area contributed by atoms with E-state index in [0.29, 0.717) is 26.3 Å². The second-order valence-corrected chi connectivity index (χ2v) is 8.94. The van der Waals surface area contributed by atoms with Gasteiger partial charge in [-0.15, -0.1) is 0 Å². The van der Waals surface area contributed by atoms with Crippen LogP contribution in [-0.2, 0) is 15.5 Å². The molecule has 2 atom stereocenters. The zero-order valence-electron chi connectivity index (χ0n) is 19.0. The van der Waals surface area contributed by atoms with Crippen LogP contribution in [0.15, 0.2) is 28.7 Å². The number of hydrogen-bond donors (Lipinski definition) is 1. The summed E-state index contributed by atoms with van der Waals surface area (Å²) in [6, 6.07) is 5.07. The lowest BCUT2D eigenvalue weighted by Crippen LogP contribution is -2.40. The van der Waals surface area contributed by atoms with Crippen molar-refractivity contribution in [1.82, 2.24) is 9.88 Å². The van der Waals surface area contributed by atoms with Gasteiger partial charge in [-0.2, -0.15) is 22.0 Å². The number of benzene rings is 1. The number of oxazole rings is 1. The van der Waals surface area contributed by atoms with Crippen LogP contribution in [0, 0.1) is 5.92 Å². The van der Waals surface area contributed by atoms with Gasteiger partial charge >= 0.3 is 18.1 Å². The van der Waals surface area contributed by atoms with Crippen LogP contribution in [0.1, 0.15) is 47.2 Å². The van der Waals surface area contributed by atoms with Crippen LogP contribution in [0.5, 0.6) is 0 Å². The first-order chi connectivity index (χ1) is 17.2. The van der Waals surface area contributed by atoms with E-state index in [4.69, 9.17) is 9.15 Å². The largest absolute Gasteiger partial charge is 0.481 e. The van der Waals surface area contributed by atoms with Crippen molar-refractivity contribution in [3.63, 3.8) is 0 Å². The van der Waals surface area contributed by atoms with E-state index in [-0.39, 0.29) is 17.0 Å². The fourth-order valence-corrected chi connectivity index (χ4v) is 4.47. The summed E-state index contributed by atoms with van der Waals surface area (Å²) in [5, 5.41) is 9.51. The van der Waals surface area contributed by atoms with Crippen molar-refractivity contribution >= 4 is 11.9 Å². The fraction of sp³-hybridized carbons (Fsp3) is 0.522. The highest BCUT2D eigenvalue weighted by Crippen LogP contribution is 2.50. The second kappa shape index (κ2) is 9.62. The number of nitrogens with zero attached hydrogens (tertiary/aromatic N) is 2. The fourth-order valence-electron chi connectivity index (χ4n) is 4.47. The molecule has 1 aliphatic carbocycles. The Hall–Kier alpha value is -3.16. The van der Waals surface area contributed by atoms with Crippen molar-refractivity contribution in [3.05, 3.63) is 41.5 Å². The summed E-state index contributed by atoms with van der Waals surface area (Å²) in [6.45, 7) is 1.36. The van der Waals surface area contributed by atoms with E-state index in [9.17, 15) is 45.4 Å². The minimum atomic E-state index is -6.08. The normalized spacial score (nSPS) is 22.6. The smallest absolute Gasteiger partial charge is 0.463 e. The summed E-state index contributed by atoms with van der Waals surface area (Å²) in [5.41, 5.74) is -0.397. The molecule has 2 aliphatic rings. The highest BCUT2D eigenvalue weighted by Gasteiger charge is 2.63. The maximum absolute atomic E-state index is 14.1. The highest BCUT2D eigenvalue weighted by atomic mass is 19.4. The zero-order valence-corrected chi connectivity index (χ0v) is 19.0. The van der Waals surface area contributed by atoms with Crippen molar-refractivity contribution in [1.29, 1.82) is 0 Å². The van der Waals surface area contributed by atoms with Gasteiger partial charge in [-0.25, -0.2) is 13.8 Å². The molecule has 2 heterocycles. The lowest BCUT2D eigenvalue weighted by molar-refractivity contribution is -0.297. The zero-order chi connectivity index (χ0) is 27.2. The third-order valence-electron chi connectivity index (χ3n) is 6.46. The van der Waals surface area contributed by atoms with Gasteiger partial charge in [-0.05, 0) is 18.6 Å². The number of amides is 1. The van der Waals surface area contributed by atoms with E-state index < -0.39 is 72.4 Å². The van der Waals surface area contributed by atoms with E-state index in [2.05, 4.69) is 4.98 Å². The number of halogens is 7. The molecule has 1 aliphatic heterocycles. The van der Waals surface area contributed by atoms with Gasteiger partial charge in [0.25, 0.3) is 11.8 Å². The molecule has 1 N–H and O–H groups in total. The lowest BCUT2D eigenvalue weighted by Gasteiger charge is -2.32. The number of carboxylic acids is 1. The molecule has 1 aromatic heterocycles. The molecule has 37 heavy (non-hydrogen) atoms. The van der Waals surface area contributed by atoms with E-state index in [0.717, 1.165) is 0 Å². The van der Waals surface area contributed by atoms with Gasteiger partial charge < -0.3 is 19.2 Å². The molecule has 0 radical (unpaired) electrons. The standard InChI is InChI=1S/C23H21F7N2O5/c24-21(25)6-5-14(15(11-21)19(34)35)17-16(31-20(37-17)22(26,27)23(28,29)30)12-1-3-13(4-2-12)18(33)32-7-9-36-10-8-32/h1-4,14-15H,5-11H2,(H,34,35). The monoisotopic (exact) mass is 538 g/mol. The van der Waals surface area contributed by atoms with Gasteiger partial charge in [0, 0.05) is 43.0 Å². The molecule has 7 nitrogen and oxygen atoms in total. The van der Waals surface area contributed by atoms with Crippen molar-refractivity contribution in [2.75, 3.05) is 26.3 Å². The highest BCUT2D eigenvalue weighted by molar-refractivity contribution is 5.94. The predicted octanol–water partition coefficient (Wildman–Crippen LogP) is 5.07. The summed E-state index contributed by atoms with van der Waals surface area (Å²) < 4.78 is 105. The van der Waals surface area contributed by atoms with Crippen molar-refractivity contribution in [3.8, 4) is 11.3 Å². The molecule has 1 saturated heterocycles. The number of carbonyl (C=O) groups excluding carboxylic acids is 1. The first kappa shape index (κ1) is 26.9. The van der Waals surface area contributed by atoms with Crippen LogP contribution in [0.2, 0.25) is 0 Å². The maximum atomic E-state index is 14.1. The number of carbonyl (C=O) groups is 2. The number of aromatic nitrogens is 1. The first-order valence-corrected chi connectivity index (χ1v) is 11.2. The molecule has 4 rings (SSSR count). The van der Waals surface area contributed by atoms with Crippen LogP contribution in [-0.4, -0.2) is 65.3 Å². The minimum Gasteiger partial charge on any atom is -0.481 e. The number of carboxylic acid groups (broad SMARTS) is 1. The molecule has 1 aromatic carbocycles. The van der Waals surface area contributed by atoms with E-state index in [1.54, 1.807) is 0 Å². The Balaban J connectivity index is 1.75. The molecule has 1 saturated carbocycles. The average molecular weight is 538 g/mol. The quantitative estimate of drug-likeness (QED) is 0.535. The van der Waals surface area contributed by atoms with Crippen LogP contribution in [0.4, 0.5) is 30.7 Å². The molecule has 2 unspecified atom stereocenters. The van der Waals surface area contributed by atoms with Crippen LogP contribution >= 0.6 is 0 Å².